The second kappa shape index (κ2) is 9.14. The second-order valence-corrected chi connectivity index (χ2v) is 6.00. The third kappa shape index (κ3) is 6.24. The molecular weight excluding hydrogens is 230 g/mol. The average molecular weight is 261 g/mol. The zero-order valence-corrected chi connectivity index (χ0v) is 12.9. The molecule has 0 aromatic heterocycles. The zero-order valence-electron chi connectivity index (χ0n) is 12.9. The van der Waals surface area contributed by atoms with Crippen LogP contribution in [-0.2, 0) is 0 Å². The standard InChI is InChI=1S/C18H31N/c1-5-8-17(18-13-19-14-18)10-7-9-16(6-2)12-11-15(3)4/h5-6,17-19H,1,3,7-14H2,2,4H3/b16-6-. The third-order valence-electron chi connectivity index (χ3n) is 4.30. The first-order valence-corrected chi connectivity index (χ1v) is 7.77. The van der Waals surface area contributed by atoms with Crippen LogP contribution in [0.25, 0.3) is 0 Å². The van der Waals surface area contributed by atoms with E-state index in [4.69, 9.17) is 0 Å². The van der Waals surface area contributed by atoms with E-state index in [0.717, 1.165) is 18.3 Å². The van der Waals surface area contributed by atoms with E-state index in [0.29, 0.717) is 0 Å². The van der Waals surface area contributed by atoms with Gasteiger partial charge >= 0.3 is 0 Å². The Morgan fingerprint density at radius 1 is 1.32 bits per heavy atom. The second-order valence-electron chi connectivity index (χ2n) is 6.00. The molecule has 1 nitrogen and oxygen atoms in total. The normalized spacial score (nSPS) is 17.9. The van der Waals surface area contributed by atoms with Gasteiger partial charge in [-0.3, -0.25) is 0 Å². The largest absolute Gasteiger partial charge is 0.316 e. The number of hydrogen-bond donors (Lipinski definition) is 1. The maximum absolute atomic E-state index is 3.99. The quantitative estimate of drug-likeness (QED) is 0.553. The highest BCUT2D eigenvalue weighted by molar-refractivity contribution is 5.04. The Hall–Kier alpha value is -0.820. The van der Waals surface area contributed by atoms with Crippen molar-refractivity contribution in [1.82, 2.24) is 5.32 Å². The first-order valence-electron chi connectivity index (χ1n) is 7.77. The number of nitrogens with one attached hydrogen (secondary N) is 1. The molecule has 0 amide bonds. The molecule has 1 heterocycles. The molecule has 0 saturated carbocycles. The fourth-order valence-electron chi connectivity index (χ4n) is 2.78. The van der Waals surface area contributed by atoms with E-state index in [9.17, 15) is 0 Å². The van der Waals surface area contributed by atoms with E-state index >= 15 is 0 Å². The Bertz CT molecular complexity index is 310. The average Bonchev–Trinajstić information content (AvgIpc) is 2.31. The number of hydrogen-bond acceptors (Lipinski definition) is 1. The van der Waals surface area contributed by atoms with Gasteiger partial charge in [-0.05, 0) is 77.3 Å². The van der Waals surface area contributed by atoms with Gasteiger partial charge in [0.2, 0.25) is 0 Å². The highest BCUT2D eigenvalue weighted by Gasteiger charge is 2.25. The van der Waals surface area contributed by atoms with E-state index in [1.54, 1.807) is 5.57 Å². The van der Waals surface area contributed by atoms with Crippen molar-refractivity contribution in [2.75, 3.05) is 13.1 Å². The summed E-state index contributed by atoms with van der Waals surface area (Å²) in [6, 6.07) is 0. The molecule has 1 aliphatic heterocycles. The summed E-state index contributed by atoms with van der Waals surface area (Å²) in [5.41, 5.74) is 2.90. The van der Waals surface area contributed by atoms with Crippen LogP contribution < -0.4 is 5.32 Å². The Morgan fingerprint density at radius 2 is 2.05 bits per heavy atom. The minimum absolute atomic E-state index is 0.845. The number of rotatable bonds is 10. The summed E-state index contributed by atoms with van der Waals surface area (Å²) in [6.45, 7) is 14.6. The molecule has 0 radical (unpaired) electrons. The van der Waals surface area contributed by atoms with Gasteiger partial charge in [-0.15, -0.1) is 13.2 Å². The molecule has 19 heavy (non-hydrogen) atoms. The lowest BCUT2D eigenvalue weighted by Crippen LogP contribution is -2.46. The van der Waals surface area contributed by atoms with E-state index in [1.807, 2.05) is 0 Å². The summed E-state index contributed by atoms with van der Waals surface area (Å²) in [6.07, 6.45) is 11.9. The molecule has 1 fully saturated rings. The maximum Gasteiger partial charge on any atom is -0.000548 e. The summed E-state index contributed by atoms with van der Waals surface area (Å²) in [4.78, 5) is 0. The van der Waals surface area contributed by atoms with Gasteiger partial charge in [-0.25, -0.2) is 0 Å². The van der Waals surface area contributed by atoms with Crippen LogP contribution in [0, 0.1) is 11.8 Å². The molecule has 0 aromatic rings. The summed E-state index contributed by atoms with van der Waals surface area (Å²) >= 11 is 0. The third-order valence-corrected chi connectivity index (χ3v) is 4.30. The molecule has 0 bridgehead atoms. The fourth-order valence-corrected chi connectivity index (χ4v) is 2.78. The molecule has 0 spiro atoms. The molecule has 1 aliphatic rings. The van der Waals surface area contributed by atoms with Crippen molar-refractivity contribution in [2.45, 2.75) is 52.4 Å². The smallest absolute Gasteiger partial charge is 0.000548 e. The van der Waals surface area contributed by atoms with E-state index in [-0.39, 0.29) is 0 Å². The molecule has 1 atom stereocenters. The van der Waals surface area contributed by atoms with Crippen LogP contribution in [0.5, 0.6) is 0 Å². The predicted octanol–water partition coefficient (Wildman–Crippen LogP) is 4.87. The van der Waals surface area contributed by atoms with Crippen LogP contribution in [0.2, 0.25) is 0 Å². The number of allylic oxidation sites excluding steroid dienone is 4. The molecule has 108 valence electrons. The van der Waals surface area contributed by atoms with Crippen LogP contribution in [0.15, 0.2) is 36.5 Å². The van der Waals surface area contributed by atoms with Crippen molar-refractivity contribution in [2.24, 2.45) is 11.8 Å². The van der Waals surface area contributed by atoms with Crippen LogP contribution >= 0.6 is 0 Å². The summed E-state index contributed by atoms with van der Waals surface area (Å²) < 4.78 is 0. The molecule has 0 aliphatic carbocycles. The first kappa shape index (κ1) is 16.2. The van der Waals surface area contributed by atoms with E-state index in [1.165, 1.54) is 50.8 Å². The molecule has 1 N–H and O–H groups in total. The van der Waals surface area contributed by atoms with Crippen LogP contribution in [0.3, 0.4) is 0 Å². The highest BCUT2D eigenvalue weighted by atomic mass is 14.9. The molecule has 1 unspecified atom stereocenters. The maximum atomic E-state index is 3.99. The molecule has 1 rings (SSSR count). The minimum Gasteiger partial charge on any atom is -0.316 e. The van der Waals surface area contributed by atoms with Crippen molar-refractivity contribution in [3.8, 4) is 0 Å². The Labute approximate surface area is 119 Å². The Balaban J connectivity index is 2.25. The van der Waals surface area contributed by atoms with Crippen LogP contribution in [0.4, 0.5) is 0 Å². The van der Waals surface area contributed by atoms with Crippen molar-refractivity contribution in [3.63, 3.8) is 0 Å². The lowest BCUT2D eigenvalue weighted by Gasteiger charge is -2.34. The van der Waals surface area contributed by atoms with Gasteiger partial charge < -0.3 is 5.32 Å². The Morgan fingerprint density at radius 3 is 2.53 bits per heavy atom. The molecule has 0 aromatic carbocycles. The lowest BCUT2D eigenvalue weighted by atomic mass is 9.81. The fraction of sp³-hybridized carbons (Fsp3) is 0.667. The van der Waals surface area contributed by atoms with Gasteiger partial charge in [0.15, 0.2) is 0 Å². The predicted molar refractivity (Wildman–Crippen MR) is 86.3 cm³/mol. The lowest BCUT2D eigenvalue weighted by molar-refractivity contribution is 0.220. The molecule has 1 heteroatoms. The van der Waals surface area contributed by atoms with Crippen molar-refractivity contribution in [1.29, 1.82) is 0 Å². The highest BCUT2D eigenvalue weighted by Crippen LogP contribution is 2.27. The summed E-state index contributed by atoms with van der Waals surface area (Å²) in [5.74, 6) is 1.74. The Kier molecular flexibility index (Phi) is 7.81. The molecular formula is C18H31N. The van der Waals surface area contributed by atoms with Gasteiger partial charge in [-0.1, -0.05) is 23.3 Å². The van der Waals surface area contributed by atoms with E-state index < -0.39 is 0 Å². The summed E-state index contributed by atoms with van der Waals surface area (Å²) in [5, 5.41) is 3.39. The van der Waals surface area contributed by atoms with Gasteiger partial charge in [0.25, 0.3) is 0 Å². The summed E-state index contributed by atoms with van der Waals surface area (Å²) in [7, 11) is 0. The van der Waals surface area contributed by atoms with Crippen LogP contribution in [0.1, 0.15) is 52.4 Å². The van der Waals surface area contributed by atoms with Gasteiger partial charge in [0.1, 0.15) is 0 Å². The van der Waals surface area contributed by atoms with Crippen LogP contribution in [-0.4, -0.2) is 13.1 Å². The first-order chi connectivity index (χ1) is 9.17. The van der Waals surface area contributed by atoms with Gasteiger partial charge in [0.05, 0.1) is 0 Å². The van der Waals surface area contributed by atoms with Gasteiger partial charge in [0, 0.05) is 0 Å². The van der Waals surface area contributed by atoms with Crippen molar-refractivity contribution in [3.05, 3.63) is 36.5 Å². The van der Waals surface area contributed by atoms with Crippen molar-refractivity contribution >= 4 is 0 Å². The monoisotopic (exact) mass is 261 g/mol. The SMILES string of the molecule is C=CCC(CCC/C(=C/C)CCC(=C)C)C1CNC1. The van der Waals surface area contributed by atoms with Gasteiger partial charge in [-0.2, -0.15) is 0 Å². The minimum atomic E-state index is 0.845. The molecule has 1 saturated heterocycles. The van der Waals surface area contributed by atoms with E-state index in [2.05, 4.69) is 44.5 Å². The van der Waals surface area contributed by atoms with Crippen molar-refractivity contribution < 1.29 is 0 Å². The zero-order chi connectivity index (χ0) is 14.1. The topological polar surface area (TPSA) is 12.0 Å².